The summed E-state index contributed by atoms with van der Waals surface area (Å²) in [5.41, 5.74) is 0. The van der Waals surface area contributed by atoms with E-state index in [0.717, 1.165) is 0 Å². The highest BCUT2D eigenvalue weighted by Gasteiger charge is 2.17. The van der Waals surface area contributed by atoms with E-state index >= 15 is 0 Å². The van der Waals surface area contributed by atoms with E-state index in [1.807, 2.05) is 0 Å². The van der Waals surface area contributed by atoms with Crippen LogP contribution in [0.25, 0.3) is 0 Å². The topological polar surface area (TPSA) is 136 Å². The van der Waals surface area contributed by atoms with Gasteiger partial charge in [-0.05, 0) is 48.5 Å². The fraction of sp³-hybridized carbons (Fsp3) is 0.125. The molecule has 0 saturated carbocycles. The highest BCUT2D eigenvalue weighted by Crippen LogP contribution is 2.23. The summed E-state index contributed by atoms with van der Waals surface area (Å²) < 4.78 is 39.2. The Kier molecular flexibility index (Phi) is 6.02. The van der Waals surface area contributed by atoms with Crippen LogP contribution in [-0.2, 0) is 19.7 Å². The van der Waals surface area contributed by atoms with E-state index in [1.165, 1.54) is 48.5 Å². The molecule has 0 atom stereocenters. The van der Waals surface area contributed by atoms with Crippen LogP contribution < -0.4 is 13.7 Å². The fourth-order valence-corrected chi connectivity index (χ4v) is 2.69. The Hall–Kier alpha value is -3.27. The number of hydrogen-bond acceptors (Lipinski definition) is 7. The second-order valence-electron chi connectivity index (χ2n) is 4.85. The minimum atomic E-state index is -4.11. The Morgan fingerprint density at radius 1 is 0.731 bits per heavy atom. The predicted octanol–water partition coefficient (Wildman–Crippen LogP) is 1.38. The number of aliphatic carboxylic acids is 2. The Labute approximate surface area is 148 Å². The quantitative estimate of drug-likeness (QED) is 0.616. The number of carboxylic acid groups (broad SMARTS) is 2. The predicted molar refractivity (Wildman–Crippen MR) is 87.0 cm³/mol. The highest BCUT2D eigenvalue weighted by atomic mass is 32.2. The van der Waals surface area contributed by atoms with Crippen molar-refractivity contribution in [1.82, 2.24) is 0 Å². The van der Waals surface area contributed by atoms with Crippen LogP contribution >= 0.6 is 0 Å². The zero-order valence-electron chi connectivity index (χ0n) is 13.2. The van der Waals surface area contributed by atoms with Crippen molar-refractivity contribution >= 4 is 22.1 Å². The van der Waals surface area contributed by atoms with Gasteiger partial charge in [-0.15, -0.1) is 0 Å². The Morgan fingerprint density at radius 2 is 1.12 bits per heavy atom. The second-order valence-corrected chi connectivity index (χ2v) is 6.39. The molecule has 0 aliphatic heterocycles. The molecule has 26 heavy (non-hydrogen) atoms. The smallest absolute Gasteiger partial charge is 0.341 e. The van der Waals surface area contributed by atoms with Crippen LogP contribution in [0.3, 0.4) is 0 Å². The summed E-state index contributed by atoms with van der Waals surface area (Å²) in [7, 11) is -4.11. The molecule has 0 fully saturated rings. The average Bonchev–Trinajstić information content (AvgIpc) is 2.59. The van der Waals surface area contributed by atoms with Gasteiger partial charge < -0.3 is 23.9 Å². The molecule has 0 saturated heterocycles. The summed E-state index contributed by atoms with van der Waals surface area (Å²) in [5.74, 6) is -1.83. The number of carbonyl (C=O) groups is 2. The van der Waals surface area contributed by atoms with Crippen molar-refractivity contribution in [3.63, 3.8) is 0 Å². The Balaban J connectivity index is 2.03. The SMILES string of the molecule is O=C(O)COc1ccc(OS(=O)(=O)c2ccc(OCC(=O)O)cc2)cc1. The van der Waals surface area contributed by atoms with Gasteiger partial charge in [0.2, 0.25) is 0 Å². The number of benzene rings is 2. The molecule has 0 unspecified atom stereocenters. The van der Waals surface area contributed by atoms with Gasteiger partial charge in [0.15, 0.2) is 13.2 Å². The third kappa shape index (κ3) is 5.67. The summed E-state index contributed by atoms with van der Waals surface area (Å²) in [5, 5.41) is 17.0. The van der Waals surface area contributed by atoms with E-state index in [2.05, 4.69) is 0 Å². The zero-order chi connectivity index (χ0) is 19.2. The molecule has 2 aromatic rings. The van der Waals surface area contributed by atoms with Gasteiger partial charge in [-0.25, -0.2) is 9.59 Å². The van der Waals surface area contributed by atoms with Gasteiger partial charge in [0, 0.05) is 0 Å². The number of rotatable bonds is 9. The second kappa shape index (κ2) is 8.21. The van der Waals surface area contributed by atoms with Crippen molar-refractivity contribution in [2.75, 3.05) is 13.2 Å². The van der Waals surface area contributed by atoms with Crippen LogP contribution in [-0.4, -0.2) is 43.8 Å². The van der Waals surface area contributed by atoms with Crippen molar-refractivity contribution < 1.29 is 41.9 Å². The van der Waals surface area contributed by atoms with Crippen molar-refractivity contribution in [2.45, 2.75) is 4.90 Å². The highest BCUT2D eigenvalue weighted by molar-refractivity contribution is 7.87. The minimum absolute atomic E-state index is 0.0129. The first-order valence-corrected chi connectivity index (χ1v) is 8.51. The molecule has 0 aromatic heterocycles. The van der Waals surface area contributed by atoms with E-state index in [9.17, 15) is 18.0 Å². The first-order valence-electron chi connectivity index (χ1n) is 7.10. The van der Waals surface area contributed by atoms with Gasteiger partial charge in [0.25, 0.3) is 0 Å². The first kappa shape index (κ1) is 19.1. The van der Waals surface area contributed by atoms with Crippen LogP contribution in [0.2, 0.25) is 0 Å². The van der Waals surface area contributed by atoms with Crippen molar-refractivity contribution in [3.05, 3.63) is 48.5 Å². The molecule has 2 N–H and O–H groups in total. The lowest BCUT2D eigenvalue weighted by atomic mass is 10.3. The van der Waals surface area contributed by atoms with E-state index < -0.39 is 35.3 Å². The first-order chi connectivity index (χ1) is 12.3. The molecule has 10 heteroatoms. The summed E-state index contributed by atoms with van der Waals surface area (Å²) in [6.45, 7) is -1.06. The molecule has 2 aromatic carbocycles. The molecule has 0 spiro atoms. The van der Waals surface area contributed by atoms with E-state index in [1.54, 1.807) is 0 Å². The summed E-state index contributed by atoms with van der Waals surface area (Å²) in [4.78, 5) is 20.7. The third-order valence-electron chi connectivity index (χ3n) is 2.87. The van der Waals surface area contributed by atoms with Crippen LogP contribution in [0, 0.1) is 0 Å². The van der Waals surface area contributed by atoms with Gasteiger partial charge in [-0.3, -0.25) is 0 Å². The maximum absolute atomic E-state index is 12.2. The summed E-state index contributed by atoms with van der Waals surface area (Å²) in [6, 6.07) is 10.4. The van der Waals surface area contributed by atoms with Crippen molar-refractivity contribution in [2.24, 2.45) is 0 Å². The lowest BCUT2D eigenvalue weighted by Gasteiger charge is -2.09. The standard InChI is InChI=1S/C16H14O9S/c17-15(18)9-23-11-1-3-13(4-2-11)25-26(21,22)14-7-5-12(6-8-14)24-10-16(19)20/h1-8H,9-10H2,(H,17,18)(H,19,20). The fourth-order valence-electron chi connectivity index (χ4n) is 1.76. The zero-order valence-corrected chi connectivity index (χ0v) is 14.0. The molecule has 2 rings (SSSR count). The molecule has 0 aliphatic carbocycles. The normalized spacial score (nSPS) is 10.8. The number of ether oxygens (including phenoxy) is 2. The largest absolute Gasteiger partial charge is 0.482 e. The van der Waals surface area contributed by atoms with Crippen LogP contribution in [0.1, 0.15) is 0 Å². The lowest BCUT2D eigenvalue weighted by molar-refractivity contribution is -0.140. The lowest BCUT2D eigenvalue weighted by Crippen LogP contribution is -2.11. The van der Waals surface area contributed by atoms with E-state index in [0.29, 0.717) is 0 Å². The molecule has 0 bridgehead atoms. The number of hydrogen-bond donors (Lipinski definition) is 2. The van der Waals surface area contributed by atoms with Gasteiger partial charge in [0.1, 0.15) is 22.1 Å². The van der Waals surface area contributed by atoms with E-state index in [4.69, 9.17) is 23.9 Å². The van der Waals surface area contributed by atoms with Crippen LogP contribution in [0.15, 0.2) is 53.4 Å². The molecule has 0 aliphatic rings. The molecule has 9 nitrogen and oxygen atoms in total. The summed E-state index contributed by atoms with van der Waals surface area (Å²) >= 11 is 0. The van der Waals surface area contributed by atoms with Crippen molar-refractivity contribution in [3.8, 4) is 17.2 Å². The minimum Gasteiger partial charge on any atom is -0.482 e. The molecule has 0 amide bonds. The average molecular weight is 382 g/mol. The maximum atomic E-state index is 12.2. The Morgan fingerprint density at radius 3 is 1.54 bits per heavy atom. The third-order valence-corrected chi connectivity index (χ3v) is 4.13. The van der Waals surface area contributed by atoms with Crippen molar-refractivity contribution in [1.29, 1.82) is 0 Å². The van der Waals surface area contributed by atoms with Crippen LogP contribution in [0.5, 0.6) is 17.2 Å². The van der Waals surface area contributed by atoms with Gasteiger partial charge >= 0.3 is 22.1 Å². The molecular formula is C16H14O9S. The molecular weight excluding hydrogens is 368 g/mol. The number of carboxylic acids is 2. The molecule has 0 heterocycles. The van der Waals surface area contributed by atoms with E-state index in [-0.39, 0.29) is 22.1 Å². The Bertz CT molecular complexity index is 871. The monoisotopic (exact) mass is 382 g/mol. The van der Waals surface area contributed by atoms with Gasteiger partial charge in [-0.2, -0.15) is 8.42 Å². The van der Waals surface area contributed by atoms with Crippen LogP contribution in [0.4, 0.5) is 0 Å². The maximum Gasteiger partial charge on any atom is 0.341 e. The van der Waals surface area contributed by atoms with Gasteiger partial charge in [0.05, 0.1) is 0 Å². The van der Waals surface area contributed by atoms with Gasteiger partial charge in [-0.1, -0.05) is 0 Å². The molecule has 138 valence electrons. The summed E-state index contributed by atoms with van der Waals surface area (Å²) in [6.07, 6.45) is 0. The molecule has 0 radical (unpaired) electrons.